The summed E-state index contributed by atoms with van der Waals surface area (Å²) >= 11 is 0. The number of hydrogen-bond acceptors (Lipinski definition) is 2. The van der Waals surface area contributed by atoms with E-state index in [0.29, 0.717) is 0 Å². The van der Waals surface area contributed by atoms with Crippen LogP contribution in [0.3, 0.4) is 0 Å². The van der Waals surface area contributed by atoms with Crippen molar-refractivity contribution in [2.45, 2.75) is 52.5 Å². The van der Waals surface area contributed by atoms with Crippen molar-refractivity contribution in [3.63, 3.8) is 0 Å². The van der Waals surface area contributed by atoms with Crippen LogP contribution in [-0.4, -0.2) is 19.6 Å². The van der Waals surface area contributed by atoms with Gasteiger partial charge in [-0.25, -0.2) is 0 Å². The average Bonchev–Trinajstić information content (AvgIpc) is 2.49. The third-order valence-electron chi connectivity index (χ3n) is 4.37. The molecule has 0 radical (unpaired) electrons. The molecule has 0 aliphatic carbocycles. The van der Waals surface area contributed by atoms with Crippen LogP contribution in [0.15, 0.2) is 24.3 Å². The molecule has 2 heteroatoms. The van der Waals surface area contributed by atoms with Crippen molar-refractivity contribution in [1.82, 2.24) is 5.32 Å². The zero-order valence-electron chi connectivity index (χ0n) is 13.2. The maximum absolute atomic E-state index is 3.46. The lowest BCUT2D eigenvalue weighted by Gasteiger charge is -2.33. The average molecular weight is 274 g/mol. The molecule has 0 amide bonds. The summed E-state index contributed by atoms with van der Waals surface area (Å²) in [5.74, 6) is 0.966. The molecule has 1 aliphatic rings. The predicted molar refractivity (Wildman–Crippen MR) is 88.3 cm³/mol. The van der Waals surface area contributed by atoms with Crippen molar-refractivity contribution in [2.75, 3.05) is 24.5 Å². The predicted octanol–water partition coefficient (Wildman–Crippen LogP) is 4.20. The zero-order chi connectivity index (χ0) is 14.2. The molecular weight excluding hydrogens is 244 g/mol. The van der Waals surface area contributed by atoms with Crippen LogP contribution in [0.1, 0.15) is 51.5 Å². The van der Waals surface area contributed by atoms with Crippen molar-refractivity contribution in [3.05, 3.63) is 29.8 Å². The van der Waals surface area contributed by atoms with Crippen molar-refractivity contribution in [2.24, 2.45) is 5.92 Å². The summed E-state index contributed by atoms with van der Waals surface area (Å²) in [6, 6.07) is 9.14. The lowest BCUT2D eigenvalue weighted by molar-refractivity contribution is 0.378. The Kier molecular flexibility index (Phi) is 6.38. The minimum atomic E-state index is 0.966. The van der Waals surface area contributed by atoms with E-state index in [1.54, 1.807) is 0 Å². The van der Waals surface area contributed by atoms with Crippen LogP contribution >= 0.6 is 0 Å². The lowest BCUT2D eigenvalue weighted by atomic mass is 9.92. The summed E-state index contributed by atoms with van der Waals surface area (Å²) in [6.45, 7) is 9.07. The Labute approximate surface area is 124 Å². The number of rotatable bonds is 7. The third-order valence-corrected chi connectivity index (χ3v) is 4.37. The van der Waals surface area contributed by atoms with Crippen molar-refractivity contribution < 1.29 is 0 Å². The van der Waals surface area contributed by atoms with Gasteiger partial charge in [0.15, 0.2) is 0 Å². The number of piperidine rings is 1. The molecule has 0 bridgehead atoms. The molecule has 0 unspecified atom stereocenters. The highest BCUT2D eigenvalue weighted by Gasteiger charge is 2.18. The van der Waals surface area contributed by atoms with E-state index < -0.39 is 0 Å². The molecule has 1 aromatic rings. The largest absolute Gasteiger partial charge is 0.372 e. The fourth-order valence-electron chi connectivity index (χ4n) is 3.12. The van der Waals surface area contributed by atoms with Gasteiger partial charge in [0.2, 0.25) is 0 Å². The molecule has 1 heterocycles. The van der Waals surface area contributed by atoms with Gasteiger partial charge in [-0.2, -0.15) is 0 Å². The number of benzene rings is 1. The third kappa shape index (κ3) is 4.52. The first-order valence-corrected chi connectivity index (χ1v) is 8.38. The monoisotopic (exact) mass is 274 g/mol. The number of anilines is 1. The maximum Gasteiger partial charge on any atom is 0.0366 e. The summed E-state index contributed by atoms with van der Waals surface area (Å²) < 4.78 is 0. The van der Waals surface area contributed by atoms with E-state index in [0.717, 1.165) is 19.0 Å². The molecule has 0 atom stereocenters. The van der Waals surface area contributed by atoms with Crippen LogP contribution in [0.25, 0.3) is 0 Å². The van der Waals surface area contributed by atoms with Crippen LogP contribution in [0.2, 0.25) is 0 Å². The number of hydrogen-bond donors (Lipinski definition) is 1. The van der Waals surface area contributed by atoms with Crippen molar-refractivity contribution in [1.29, 1.82) is 0 Å². The van der Waals surface area contributed by atoms with Gasteiger partial charge in [0, 0.05) is 25.3 Å². The maximum atomic E-state index is 3.46. The summed E-state index contributed by atoms with van der Waals surface area (Å²) in [6.07, 6.45) is 6.69. The Morgan fingerprint density at radius 1 is 1.05 bits per heavy atom. The van der Waals surface area contributed by atoms with Gasteiger partial charge >= 0.3 is 0 Å². The second-order valence-electron chi connectivity index (χ2n) is 6.06. The molecule has 0 saturated carbocycles. The van der Waals surface area contributed by atoms with E-state index in [2.05, 4.69) is 48.3 Å². The van der Waals surface area contributed by atoms with E-state index in [-0.39, 0.29) is 0 Å². The molecule has 112 valence electrons. The van der Waals surface area contributed by atoms with Crippen LogP contribution < -0.4 is 10.2 Å². The van der Waals surface area contributed by atoms with E-state index >= 15 is 0 Å². The molecule has 2 nitrogen and oxygen atoms in total. The van der Waals surface area contributed by atoms with E-state index in [4.69, 9.17) is 0 Å². The van der Waals surface area contributed by atoms with E-state index in [9.17, 15) is 0 Å². The topological polar surface area (TPSA) is 15.3 Å². The van der Waals surface area contributed by atoms with Crippen LogP contribution in [0.5, 0.6) is 0 Å². The SMILES string of the molecule is CCCNCc1ccc(N2CCC(CCC)CC2)cc1. The second kappa shape index (κ2) is 8.31. The lowest BCUT2D eigenvalue weighted by Crippen LogP contribution is -2.33. The highest BCUT2D eigenvalue weighted by atomic mass is 15.1. The first kappa shape index (κ1) is 15.4. The Morgan fingerprint density at radius 3 is 2.35 bits per heavy atom. The number of nitrogens with zero attached hydrogens (tertiary/aromatic N) is 1. The molecule has 1 fully saturated rings. The molecule has 2 rings (SSSR count). The van der Waals surface area contributed by atoms with Crippen LogP contribution in [0, 0.1) is 5.92 Å². The molecule has 0 spiro atoms. The highest BCUT2D eigenvalue weighted by molar-refractivity contribution is 5.47. The fourth-order valence-corrected chi connectivity index (χ4v) is 3.12. The Balaban J connectivity index is 1.81. The second-order valence-corrected chi connectivity index (χ2v) is 6.06. The summed E-state index contributed by atoms with van der Waals surface area (Å²) in [5, 5.41) is 3.46. The minimum Gasteiger partial charge on any atom is -0.372 e. The highest BCUT2D eigenvalue weighted by Crippen LogP contribution is 2.26. The summed E-state index contributed by atoms with van der Waals surface area (Å²) in [5.41, 5.74) is 2.79. The Morgan fingerprint density at radius 2 is 1.75 bits per heavy atom. The Bertz CT molecular complexity index is 364. The van der Waals surface area contributed by atoms with Gasteiger partial charge in [0.1, 0.15) is 0 Å². The van der Waals surface area contributed by atoms with Crippen molar-refractivity contribution >= 4 is 5.69 Å². The van der Waals surface area contributed by atoms with Gasteiger partial charge in [0.25, 0.3) is 0 Å². The number of nitrogens with one attached hydrogen (secondary N) is 1. The molecule has 0 aromatic heterocycles. The van der Waals surface area contributed by atoms with Gasteiger partial charge in [-0.05, 0) is 49.4 Å². The first-order valence-electron chi connectivity index (χ1n) is 8.38. The van der Waals surface area contributed by atoms with Gasteiger partial charge in [-0.3, -0.25) is 0 Å². The van der Waals surface area contributed by atoms with Crippen LogP contribution in [0.4, 0.5) is 5.69 Å². The first-order chi connectivity index (χ1) is 9.83. The summed E-state index contributed by atoms with van der Waals surface area (Å²) in [7, 11) is 0. The molecule has 1 aliphatic heterocycles. The van der Waals surface area contributed by atoms with E-state index in [1.807, 2.05) is 0 Å². The van der Waals surface area contributed by atoms with Crippen LogP contribution in [-0.2, 0) is 6.54 Å². The molecule has 1 aromatic carbocycles. The standard InChI is InChI=1S/C18H30N2/c1-3-5-16-10-13-20(14-11-16)18-8-6-17(7-9-18)15-19-12-4-2/h6-9,16,19H,3-5,10-15H2,1-2H3. The van der Waals surface area contributed by atoms with Gasteiger partial charge in [-0.1, -0.05) is 38.8 Å². The van der Waals surface area contributed by atoms with Crippen molar-refractivity contribution in [3.8, 4) is 0 Å². The molecule has 1 saturated heterocycles. The molecule has 1 N–H and O–H groups in total. The Hall–Kier alpha value is -1.02. The van der Waals surface area contributed by atoms with Gasteiger partial charge < -0.3 is 10.2 Å². The molecular formula is C18H30N2. The normalized spacial score (nSPS) is 16.6. The van der Waals surface area contributed by atoms with Gasteiger partial charge in [-0.15, -0.1) is 0 Å². The zero-order valence-corrected chi connectivity index (χ0v) is 13.2. The van der Waals surface area contributed by atoms with Gasteiger partial charge in [0.05, 0.1) is 0 Å². The molecule has 20 heavy (non-hydrogen) atoms. The van der Waals surface area contributed by atoms with E-state index in [1.165, 1.54) is 56.4 Å². The minimum absolute atomic E-state index is 0.966. The smallest absolute Gasteiger partial charge is 0.0366 e. The fraction of sp³-hybridized carbons (Fsp3) is 0.667. The summed E-state index contributed by atoms with van der Waals surface area (Å²) in [4.78, 5) is 2.55. The quantitative estimate of drug-likeness (QED) is 0.750.